The fraction of sp³-hybridized carbons (Fsp3) is 0. The van der Waals surface area contributed by atoms with Gasteiger partial charge >= 0.3 is 0 Å². The van der Waals surface area contributed by atoms with Crippen LogP contribution in [0.15, 0.2) is 179 Å². The summed E-state index contributed by atoms with van der Waals surface area (Å²) in [6.07, 6.45) is 0. The van der Waals surface area contributed by atoms with Crippen molar-refractivity contribution in [3.63, 3.8) is 0 Å². The molecule has 3 aromatic heterocycles. The van der Waals surface area contributed by atoms with Crippen LogP contribution in [-0.2, 0) is 0 Å². The maximum absolute atomic E-state index is 6.62. The van der Waals surface area contributed by atoms with E-state index < -0.39 is 0 Å². The number of hydrogen-bond donors (Lipinski definition) is 0. The fourth-order valence-electron chi connectivity index (χ4n) is 7.93. The van der Waals surface area contributed by atoms with Gasteiger partial charge < -0.3 is 13.4 Å². The Morgan fingerprint density at radius 3 is 2.00 bits per heavy atom. The van der Waals surface area contributed by atoms with Crippen molar-refractivity contribution in [3.05, 3.63) is 170 Å². The third kappa shape index (κ3) is 4.17. The topological polar surface area (TPSA) is 44.1 Å². The molecule has 51 heavy (non-hydrogen) atoms. The molecule has 0 aliphatic heterocycles. The Kier molecular flexibility index (Phi) is 5.92. The van der Waals surface area contributed by atoms with Crippen molar-refractivity contribution in [2.45, 2.75) is 0 Å². The van der Waals surface area contributed by atoms with Gasteiger partial charge in [-0.25, -0.2) is 4.98 Å². The molecular weight excluding hydrogens is 625 g/mol. The molecule has 11 rings (SSSR count). The molecule has 0 radical (unpaired) electrons. The molecule has 4 nitrogen and oxygen atoms in total. The predicted octanol–water partition coefficient (Wildman–Crippen LogP) is 13.0. The summed E-state index contributed by atoms with van der Waals surface area (Å²) in [5.74, 6) is 0.582. The van der Waals surface area contributed by atoms with Crippen LogP contribution in [0.1, 0.15) is 0 Å². The SMILES string of the molecule is c1ccc(-c2cc3nc(-c4ccc(-c5cccc6c5c5ccc7ccccc7c5n6-c5ccccc5)cc4)oc3c3c2oc2ccccc23)cc1. The smallest absolute Gasteiger partial charge is 0.227 e. The molecule has 4 heteroatoms. The minimum Gasteiger partial charge on any atom is -0.455 e. The average Bonchev–Trinajstić information content (AvgIpc) is 3.90. The lowest BCUT2D eigenvalue weighted by molar-refractivity contribution is 0.622. The summed E-state index contributed by atoms with van der Waals surface area (Å²) in [6.45, 7) is 0. The molecule has 3 heterocycles. The molecule has 0 amide bonds. The molecule has 0 N–H and O–H groups in total. The Balaban J connectivity index is 1.09. The van der Waals surface area contributed by atoms with Crippen LogP contribution in [0.3, 0.4) is 0 Å². The summed E-state index contributed by atoms with van der Waals surface area (Å²) >= 11 is 0. The van der Waals surface area contributed by atoms with Gasteiger partial charge in [-0.15, -0.1) is 0 Å². The molecule has 0 saturated carbocycles. The molecule has 0 bridgehead atoms. The van der Waals surface area contributed by atoms with E-state index in [0.717, 1.165) is 61.0 Å². The first-order chi connectivity index (χ1) is 25.3. The van der Waals surface area contributed by atoms with Crippen LogP contribution >= 0.6 is 0 Å². The van der Waals surface area contributed by atoms with E-state index in [4.69, 9.17) is 13.8 Å². The van der Waals surface area contributed by atoms with E-state index in [2.05, 4.69) is 138 Å². The maximum atomic E-state index is 6.62. The van der Waals surface area contributed by atoms with Crippen molar-refractivity contribution in [2.24, 2.45) is 0 Å². The first-order valence-corrected chi connectivity index (χ1v) is 17.2. The summed E-state index contributed by atoms with van der Waals surface area (Å²) in [5, 5.41) is 6.90. The zero-order chi connectivity index (χ0) is 33.5. The lowest BCUT2D eigenvalue weighted by Gasteiger charge is -2.10. The largest absolute Gasteiger partial charge is 0.455 e. The van der Waals surface area contributed by atoms with E-state index in [9.17, 15) is 0 Å². The molecular formula is C47H28N2O2. The highest BCUT2D eigenvalue weighted by atomic mass is 16.4. The molecule has 0 aliphatic carbocycles. The third-order valence-electron chi connectivity index (χ3n) is 10.2. The monoisotopic (exact) mass is 652 g/mol. The van der Waals surface area contributed by atoms with Gasteiger partial charge in [0.15, 0.2) is 5.58 Å². The van der Waals surface area contributed by atoms with Crippen molar-refractivity contribution in [2.75, 3.05) is 0 Å². The summed E-state index contributed by atoms with van der Waals surface area (Å²) in [4.78, 5) is 5.05. The van der Waals surface area contributed by atoms with E-state index in [-0.39, 0.29) is 0 Å². The number of furan rings is 1. The molecule has 8 aromatic carbocycles. The molecule has 0 fully saturated rings. The van der Waals surface area contributed by atoms with E-state index in [1.54, 1.807) is 0 Å². The standard InChI is InChI=1S/C47H28N2O2/c1-3-12-29(13-4-1)38-28-39-46(43-36-18-9-10-21-41(36)50-45(38)43)51-47(48-39)32-24-22-31(23-25-32)34-19-11-20-40-42(34)37-27-26-30-14-7-8-17-35(30)44(37)49(40)33-15-5-2-6-16-33/h1-28H. The van der Waals surface area contributed by atoms with Crippen molar-refractivity contribution in [1.29, 1.82) is 0 Å². The van der Waals surface area contributed by atoms with Crippen molar-refractivity contribution >= 4 is 65.6 Å². The molecule has 0 unspecified atom stereocenters. The highest BCUT2D eigenvalue weighted by Gasteiger charge is 2.22. The van der Waals surface area contributed by atoms with Crippen molar-refractivity contribution < 1.29 is 8.83 Å². The zero-order valence-corrected chi connectivity index (χ0v) is 27.4. The van der Waals surface area contributed by atoms with Crippen LogP contribution in [0.25, 0.3) is 105 Å². The summed E-state index contributed by atoms with van der Waals surface area (Å²) < 4.78 is 15.5. The minimum absolute atomic E-state index is 0.582. The van der Waals surface area contributed by atoms with E-state index >= 15 is 0 Å². The summed E-state index contributed by atoms with van der Waals surface area (Å²) in [7, 11) is 0. The van der Waals surface area contributed by atoms with E-state index in [1.807, 2.05) is 36.4 Å². The normalized spacial score (nSPS) is 11.9. The second-order valence-electron chi connectivity index (χ2n) is 13.1. The zero-order valence-electron chi connectivity index (χ0n) is 27.4. The van der Waals surface area contributed by atoms with E-state index in [1.165, 1.54) is 38.1 Å². The van der Waals surface area contributed by atoms with E-state index in [0.29, 0.717) is 5.89 Å². The fourth-order valence-corrected chi connectivity index (χ4v) is 7.93. The van der Waals surface area contributed by atoms with Crippen LogP contribution in [0.2, 0.25) is 0 Å². The van der Waals surface area contributed by atoms with Gasteiger partial charge in [-0.2, -0.15) is 0 Å². The van der Waals surface area contributed by atoms with Crippen LogP contribution in [0.5, 0.6) is 0 Å². The quantitative estimate of drug-likeness (QED) is 0.190. The Morgan fingerprint density at radius 1 is 0.451 bits per heavy atom. The molecule has 0 atom stereocenters. The van der Waals surface area contributed by atoms with Gasteiger partial charge in [0, 0.05) is 38.4 Å². The lowest BCUT2D eigenvalue weighted by atomic mass is 9.97. The lowest BCUT2D eigenvalue weighted by Crippen LogP contribution is -1.94. The molecule has 0 saturated heterocycles. The Labute approximate surface area is 292 Å². The van der Waals surface area contributed by atoms with Gasteiger partial charge in [-0.3, -0.25) is 0 Å². The highest BCUT2D eigenvalue weighted by Crippen LogP contribution is 2.44. The molecule has 0 spiro atoms. The van der Waals surface area contributed by atoms with Gasteiger partial charge in [0.25, 0.3) is 0 Å². The summed E-state index contributed by atoms with van der Waals surface area (Å²) in [5.41, 5.74) is 12.0. The highest BCUT2D eigenvalue weighted by molar-refractivity contribution is 6.23. The average molecular weight is 653 g/mol. The van der Waals surface area contributed by atoms with Gasteiger partial charge in [-0.05, 0) is 64.5 Å². The molecule has 11 aromatic rings. The second-order valence-corrected chi connectivity index (χ2v) is 13.1. The van der Waals surface area contributed by atoms with Gasteiger partial charge in [0.1, 0.15) is 16.7 Å². The number of oxazole rings is 1. The Hall–Kier alpha value is -6.91. The van der Waals surface area contributed by atoms with Gasteiger partial charge in [0.2, 0.25) is 5.89 Å². The number of nitrogens with zero attached hydrogens (tertiary/aromatic N) is 2. The predicted molar refractivity (Wildman–Crippen MR) is 209 cm³/mol. The van der Waals surface area contributed by atoms with Crippen LogP contribution in [-0.4, -0.2) is 9.55 Å². The first kappa shape index (κ1) is 28.0. The maximum Gasteiger partial charge on any atom is 0.227 e. The van der Waals surface area contributed by atoms with Crippen LogP contribution in [0.4, 0.5) is 0 Å². The van der Waals surface area contributed by atoms with Crippen molar-refractivity contribution in [1.82, 2.24) is 9.55 Å². The first-order valence-electron chi connectivity index (χ1n) is 17.2. The number of hydrogen-bond acceptors (Lipinski definition) is 3. The summed E-state index contributed by atoms with van der Waals surface area (Å²) in [6, 6.07) is 59.6. The Morgan fingerprint density at radius 2 is 1.16 bits per heavy atom. The van der Waals surface area contributed by atoms with Gasteiger partial charge in [-0.1, -0.05) is 127 Å². The van der Waals surface area contributed by atoms with Gasteiger partial charge in [0.05, 0.1) is 16.4 Å². The Bertz CT molecular complexity index is 3110. The second kappa shape index (κ2) is 10.8. The molecule has 238 valence electrons. The number of rotatable bonds is 4. The van der Waals surface area contributed by atoms with Crippen LogP contribution < -0.4 is 0 Å². The number of fused-ring (bicyclic) bond motifs is 10. The number of benzene rings is 8. The minimum atomic E-state index is 0.582. The molecule has 0 aliphatic rings. The number of para-hydroxylation sites is 2. The third-order valence-corrected chi connectivity index (χ3v) is 10.2. The number of aromatic nitrogens is 2. The van der Waals surface area contributed by atoms with Crippen LogP contribution in [0, 0.1) is 0 Å². The van der Waals surface area contributed by atoms with Crippen molar-refractivity contribution in [3.8, 4) is 39.4 Å².